The van der Waals surface area contributed by atoms with Gasteiger partial charge in [0.15, 0.2) is 5.82 Å². The Hall–Kier alpha value is -1.89. The van der Waals surface area contributed by atoms with Gasteiger partial charge in [0.05, 0.1) is 12.1 Å². The van der Waals surface area contributed by atoms with E-state index < -0.39 is 0 Å². The molecule has 2 aromatic rings. The number of nitrogens with zero attached hydrogens (tertiary/aromatic N) is 3. The van der Waals surface area contributed by atoms with Crippen molar-refractivity contribution in [1.82, 2.24) is 19.9 Å². The zero-order chi connectivity index (χ0) is 15.7. The lowest BCUT2D eigenvalue weighted by Crippen LogP contribution is -2.26. The summed E-state index contributed by atoms with van der Waals surface area (Å²) in [6, 6.07) is 1.48. The zero-order valence-electron chi connectivity index (χ0n) is 13.3. The fourth-order valence-corrected chi connectivity index (χ4v) is 2.65. The van der Waals surface area contributed by atoms with E-state index in [2.05, 4.69) is 25.9 Å². The molecule has 22 heavy (non-hydrogen) atoms. The van der Waals surface area contributed by atoms with E-state index in [4.69, 9.17) is 19.3 Å². The number of aryl methyl sites for hydroxylation is 2. The second-order valence-electron chi connectivity index (χ2n) is 6.71. The van der Waals surface area contributed by atoms with Gasteiger partial charge >= 0.3 is 0 Å². The fraction of sp³-hybridized carbons (Fsp3) is 0.667. The topological polar surface area (TPSA) is 85.9 Å². The van der Waals surface area contributed by atoms with E-state index in [0.29, 0.717) is 25.2 Å². The van der Waals surface area contributed by atoms with E-state index in [0.717, 1.165) is 24.7 Å². The number of aromatic amines is 1. The van der Waals surface area contributed by atoms with Crippen molar-refractivity contribution in [2.75, 3.05) is 13.2 Å². The number of ether oxygens (including phenoxy) is 1. The van der Waals surface area contributed by atoms with Gasteiger partial charge in [-0.2, -0.15) is 10.3 Å². The molecule has 1 saturated heterocycles. The summed E-state index contributed by atoms with van der Waals surface area (Å²) >= 11 is 0. The average molecular weight is 306 g/mol. The summed E-state index contributed by atoms with van der Waals surface area (Å²) in [5, 5.41) is 7.02. The van der Waals surface area contributed by atoms with Crippen LogP contribution in [-0.2, 0) is 23.1 Å². The lowest BCUT2D eigenvalue weighted by Gasteiger charge is -2.21. The Labute approximate surface area is 128 Å². The molecule has 0 aromatic carbocycles. The third-order valence-corrected chi connectivity index (χ3v) is 3.79. The van der Waals surface area contributed by atoms with Crippen molar-refractivity contribution in [2.24, 2.45) is 0 Å². The van der Waals surface area contributed by atoms with Crippen molar-refractivity contribution in [3.63, 3.8) is 0 Å². The molecule has 0 bridgehead atoms. The monoisotopic (exact) mass is 306 g/mol. The highest BCUT2D eigenvalue weighted by Crippen LogP contribution is 2.25. The highest BCUT2D eigenvalue weighted by molar-refractivity contribution is 5.05. The third-order valence-electron chi connectivity index (χ3n) is 3.79. The molecule has 1 fully saturated rings. The van der Waals surface area contributed by atoms with Gasteiger partial charge in [0.2, 0.25) is 0 Å². The summed E-state index contributed by atoms with van der Waals surface area (Å²) in [7, 11) is 0. The molecular weight excluding hydrogens is 284 g/mol. The molecule has 0 amide bonds. The summed E-state index contributed by atoms with van der Waals surface area (Å²) in [6.07, 6.45) is 2.27. The zero-order valence-corrected chi connectivity index (χ0v) is 13.3. The van der Waals surface area contributed by atoms with E-state index in [1.165, 1.54) is 6.07 Å². The second-order valence-corrected chi connectivity index (χ2v) is 6.71. The number of hydrogen-bond donors (Lipinski definition) is 1. The molecule has 0 aliphatic carbocycles. The van der Waals surface area contributed by atoms with Crippen LogP contribution in [0.1, 0.15) is 50.5 Å². The van der Waals surface area contributed by atoms with E-state index >= 15 is 0 Å². The summed E-state index contributed by atoms with van der Waals surface area (Å²) in [6.45, 7) is 7.79. The maximum Gasteiger partial charge on any atom is 0.280 e. The molecule has 1 N–H and O–H groups in total. The minimum absolute atomic E-state index is 0.140. The Morgan fingerprint density at radius 3 is 2.82 bits per heavy atom. The van der Waals surface area contributed by atoms with Crippen LogP contribution in [0.5, 0.6) is 0 Å². The SMILES string of the molecule is CC(C)(C)n1nc([C@H]2CCOC2)nc1CCc1cc(=O)[nH]o1. The number of hydrogen-bond acceptors (Lipinski definition) is 5. The van der Waals surface area contributed by atoms with Crippen LogP contribution in [0.2, 0.25) is 0 Å². The van der Waals surface area contributed by atoms with Crippen molar-refractivity contribution in [2.45, 2.75) is 51.5 Å². The summed E-state index contributed by atoms with van der Waals surface area (Å²) in [4.78, 5) is 15.8. The molecule has 0 unspecified atom stereocenters. The van der Waals surface area contributed by atoms with Crippen molar-refractivity contribution >= 4 is 0 Å². The summed E-state index contributed by atoms with van der Waals surface area (Å²) < 4.78 is 12.5. The van der Waals surface area contributed by atoms with Crippen LogP contribution in [-0.4, -0.2) is 33.1 Å². The molecule has 0 radical (unpaired) electrons. The van der Waals surface area contributed by atoms with Crippen molar-refractivity contribution in [3.05, 3.63) is 33.8 Å². The van der Waals surface area contributed by atoms with E-state index in [-0.39, 0.29) is 17.0 Å². The van der Waals surface area contributed by atoms with Crippen LogP contribution in [0.4, 0.5) is 0 Å². The van der Waals surface area contributed by atoms with Gasteiger partial charge in [-0.1, -0.05) is 0 Å². The molecular formula is C15H22N4O3. The van der Waals surface area contributed by atoms with Gasteiger partial charge in [0.25, 0.3) is 5.56 Å². The number of aromatic nitrogens is 4. The standard InChI is InChI=1S/C15H22N4O3/c1-15(2,3)19-12(5-4-11-8-13(20)18-22-11)16-14(17-19)10-6-7-21-9-10/h8,10H,4-7,9H2,1-3H3,(H,18,20)/t10-/m0/s1. The first-order chi connectivity index (χ1) is 10.4. The molecule has 120 valence electrons. The minimum atomic E-state index is -0.212. The quantitative estimate of drug-likeness (QED) is 0.927. The van der Waals surface area contributed by atoms with Gasteiger partial charge in [0, 0.05) is 31.4 Å². The van der Waals surface area contributed by atoms with E-state index in [1.54, 1.807) is 0 Å². The van der Waals surface area contributed by atoms with Crippen molar-refractivity contribution in [1.29, 1.82) is 0 Å². The van der Waals surface area contributed by atoms with Crippen LogP contribution < -0.4 is 5.56 Å². The lowest BCUT2D eigenvalue weighted by atomic mass is 10.1. The first-order valence-corrected chi connectivity index (χ1v) is 7.65. The molecule has 7 heteroatoms. The van der Waals surface area contributed by atoms with Gasteiger partial charge in [0.1, 0.15) is 11.6 Å². The smallest absolute Gasteiger partial charge is 0.280 e. The largest absolute Gasteiger partial charge is 0.384 e. The first-order valence-electron chi connectivity index (χ1n) is 7.65. The van der Waals surface area contributed by atoms with Crippen LogP contribution in [0, 0.1) is 0 Å². The van der Waals surface area contributed by atoms with Gasteiger partial charge < -0.3 is 9.26 Å². The van der Waals surface area contributed by atoms with Gasteiger partial charge in [-0.05, 0) is 27.2 Å². The van der Waals surface area contributed by atoms with Crippen LogP contribution in [0.15, 0.2) is 15.4 Å². The highest BCUT2D eigenvalue weighted by atomic mass is 16.5. The minimum Gasteiger partial charge on any atom is -0.384 e. The van der Waals surface area contributed by atoms with Gasteiger partial charge in [-0.3, -0.25) is 4.79 Å². The molecule has 0 spiro atoms. The normalized spacial score (nSPS) is 19.0. The lowest BCUT2D eigenvalue weighted by molar-refractivity contribution is 0.193. The van der Waals surface area contributed by atoms with Gasteiger partial charge in [-0.25, -0.2) is 9.67 Å². The predicted octanol–water partition coefficient (Wildman–Crippen LogP) is 1.60. The Bertz CT molecular complexity index is 686. The van der Waals surface area contributed by atoms with E-state index in [9.17, 15) is 4.79 Å². The Kier molecular flexibility index (Phi) is 3.90. The first kappa shape index (κ1) is 15.0. The molecule has 7 nitrogen and oxygen atoms in total. The maximum atomic E-state index is 11.1. The molecule has 0 saturated carbocycles. The second kappa shape index (κ2) is 5.72. The van der Waals surface area contributed by atoms with Crippen LogP contribution in [0.25, 0.3) is 0 Å². The van der Waals surface area contributed by atoms with Crippen LogP contribution in [0.3, 0.4) is 0 Å². The summed E-state index contributed by atoms with van der Waals surface area (Å²) in [5.41, 5.74) is -0.352. The predicted molar refractivity (Wildman–Crippen MR) is 79.9 cm³/mol. The molecule has 1 aliphatic heterocycles. The van der Waals surface area contributed by atoms with E-state index in [1.807, 2.05) is 4.68 Å². The van der Waals surface area contributed by atoms with Crippen LogP contribution >= 0.6 is 0 Å². The molecule has 2 aromatic heterocycles. The average Bonchev–Trinajstić information content (AvgIpc) is 3.15. The third kappa shape index (κ3) is 3.14. The highest BCUT2D eigenvalue weighted by Gasteiger charge is 2.27. The molecule has 1 atom stereocenters. The fourth-order valence-electron chi connectivity index (χ4n) is 2.65. The molecule has 3 rings (SSSR count). The van der Waals surface area contributed by atoms with Crippen molar-refractivity contribution in [3.8, 4) is 0 Å². The number of H-pyrrole nitrogens is 1. The Morgan fingerprint density at radius 1 is 1.41 bits per heavy atom. The number of nitrogens with one attached hydrogen (secondary N) is 1. The maximum absolute atomic E-state index is 11.1. The van der Waals surface area contributed by atoms with Crippen molar-refractivity contribution < 1.29 is 9.26 Å². The molecule has 3 heterocycles. The Morgan fingerprint density at radius 2 is 2.23 bits per heavy atom. The Balaban J connectivity index is 1.82. The van der Waals surface area contributed by atoms with Gasteiger partial charge in [-0.15, -0.1) is 0 Å². The number of rotatable bonds is 4. The molecule has 1 aliphatic rings. The summed E-state index contributed by atoms with van der Waals surface area (Å²) in [5.74, 6) is 2.70.